The summed E-state index contributed by atoms with van der Waals surface area (Å²) in [6.45, 7) is 0.240. The molecule has 0 spiro atoms. The molecule has 0 saturated heterocycles. The van der Waals surface area contributed by atoms with E-state index in [4.69, 9.17) is 9.47 Å². The Balaban J connectivity index is 1.68. The Labute approximate surface area is 182 Å². The van der Waals surface area contributed by atoms with E-state index in [1.165, 1.54) is 37.1 Å². The van der Waals surface area contributed by atoms with E-state index in [0.29, 0.717) is 16.3 Å². The Bertz CT molecular complexity index is 1180. The number of hydrogen-bond donors (Lipinski definition) is 1. The summed E-state index contributed by atoms with van der Waals surface area (Å²) in [7, 11) is 1.46. The molecule has 0 fully saturated rings. The van der Waals surface area contributed by atoms with Gasteiger partial charge in [0.2, 0.25) is 0 Å². The predicted molar refractivity (Wildman–Crippen MR) is 119 cm³/mol. The lowest BCUT2D eigenvalue weighted by Gasteiger charge is -2.18. The fourth-order valence-electron chi connectivity index (χ4n) is 3.09. The lowest BCUT2D eigenvalue weighted by atomic mass is 10.1. The zero-order valence-corrected chi connectivity index (χ0v) is 17.3. The van der Waals surface area contributed by atoms with E-state index in [-0.39, 0.29) is 29.5 Å². The zero-order chi connectivity index (χ0) is 21.8. The van der Waals surface area contributed by atoms with E-state index in [0.717, 1.165) is 10.5 Å². The Kier molecular flexibility index (Phi) is 5.90. The molecule has 1 aliphatic heterocycles. The number of para-hydroxylation sites is 1. The van der Waals surface area contributed by atoms with E-state index < -0.39 is 4.92 Å². The van der Waals surface area contributed by atoms with Gasteiger partial charge in [-0.05, 0) is 29.8 Å². The third-order valence-electron chi connectivity index (χ3n) is 4.61. The fourth-order valence-corrected chi connectivity index (χ4v) is 4.03. The molecule has 0 atom stereocenters. The first-order valence-electron chi connectivity index (χ1n) is 9.38. The molecule has 4 rings (SSSR count). The lowest BCUT2D eigenvalue weighted by molar-refractivity contribution is -0.385. The van der Waals surface area contributed by atoms with Crippen LogP contribution in [-0.4, -0.2) is 17.9 Å². The normalized spacial score (nSPS) is 14.0. The van der Waals surface area contributed by atoms with E-state index in [1.54, 1.807) is 6.07 Å². The average molecular weight is 434 g/mol. The number of anilines is 1. The van der Waals surface area contributed by atoms with Gasteiger partial charge in [0.05, 0.1) is 34.3 Å². The Hall–Kier alpha value is -3.78. The van der Waals surface area contributed by atoms with Crippen LogP contribution in [0, 0.1) is 10.1 Å². The molecule has 1 amide bonds. The molecule has 1 heterocycles. The summed E-state index contributed by atoms with van der Waals surface area (Å²) in [5, 5.41) is 14.5. The van der Waals surface area contributed by atoms with Crippen LogP contribution in [0.15, 0.2) is 76.5 Å². The Morgan fingerprint density at radius 2 is 1.81 bits per heavy atom. The van der Waals surface area contributed by atoms with Crippen molar-refractivity contribution in [2.24, 2.45) is 0 Å². The number of fused-ring (bicyclic) bond motifs is 1. The molecule has 31 heavy (non-hydrogen) atoms. The first-order chi connectivity index (χ1) is 15.0. The first kappa shape index (κ1) is 20.5. The fraction of sp³-hybridized carbons (Fsp3) is 0.0870. The number of benzene rings is 3. The van der Waals surface area contributed by atoms with Crippen molar-refractivity contribution in [3.05, 3.63) is 92.9 Å². The maximum Gasteiger partial charge on any atom is 0.280 e. The highest BCUT2D eigenvalue weighted by atomic mass is 32.2. The van der Waals surface area contributed by atoms with Crippen LogP contribution in [-0.2, 0) is 11.4 Å². The quantitative estimate of drug-likeness (QED) is 0.323. The molecular weight excluding hydrogens is 416 g/mol. The van der Waals surface area contributed by atoms with Crippen LogP contribution in [0.3, 0.4) is 0 Å². The number of nitro groups is 1. The maximum atomic E-state index is 12.5. The van der Waals surface area contributed by atoms with E-state index >= 15 is 0 Å². The zero-order valence-electron chi connectivity index (χ0n) is 16.5. The smallest absolute Gasteiger partial charge is 0.280 e. The molecule has 1 N–H and O–H groups in total. The van der Waals surface area contributed by atoms with Gasteiger partial charge in [0.15, 0.2) is 11.5 Å². The summed E-state index contributed by atoms with van der Waals surface area (Å²) in [5.74, 6) is 0.280. The number of hydrogen-bond acceptors (Lipinski definition) is 6. The largest absolute Gasteiger partial charge is 0.493 e. The first-order valence-corrected chi connectivity index (χ1v) is 10.2. The van der Waals surface area contributed by atoms with Crippen molar-refractivity contribution in [3.63, 3.8) is 0 Å². The minimum absolute atomic E-state index is 0.177. The van der Waals surface area contributed by atoms with Gasteiger partial charge in [-0.25, -0.2) is 0 Å². The molecule has 7 nitrogen and oxygen atoms in total. The van der Waals surface area contributed by atoms with Crippen molar-refractivity contribution >= 4 is 35.1 Å². The molecule has 0 radical (unpaired) electrons. The third kappa shape index (κ3) is 4.54. The van der Waals surface area contributed by atoms with Crippen molar-refractivity contribution in [3.8, 4) is 11.5 Å². The molecule has 0 bridgehead atoms. The number of amides is 1. The molecular formula is C23H18N2O5S. The monoisotopic (exact) mass is 434 g/mol. The Morgan fingerprint density at radius 1 is 1.06 bits per heavy atom. The molecule has 3 aromatic rings. The van der Waals surface area contributed by atoms with Crippen LogP contribution in [0.5, 0.6) is 11.5 Å². The number of nitro benzene ring substituents is 1. The van der Waals surface area contributed by atoms with E-state index in [9.17, 15) is 14.9 Å². The average Bonchev–Trinajstić information content (AvgIpc) is 2.78. The van der Waals surface area contributed by atoms with Gasteiger partial charge < -0.3 is 14.8 Å². The van der Waals surface area contributed by atoms with Crippen LogP contribution in [0.2, 0.25) is 0 Å². The van der Waals surface area contributed by atoms with Crippen LogP contribution in [0.4, 0.5) is 11.4 Å². The maximum absolute atomic E-state index is 12.5. The van der Waals surface area contributed by atoms with Gasteiger partial charge in [0, 0.05) is 4.90 Å². The lowest BCUT2D eigenvalue weighted by Crippen LogP contribution is -2.17. The second kappa shape index (κ2) is 8.93. The number of nitrogens with one attached hydrogen (secondary N) is 1. The number of thioether (sulfide) groups is 1. The summed E-state index contributed by atoms with van der Waals surface area (Å²) in [6, 6.07) is 19.7. The summed E-state index contributed by atoms with van der Waals surface area (Å²) < 4.78 is 11.2. The van der Waals surface area contributed by atoms with Crippen LogP contribution in [0.1, 0.15) is 11.1 Å². The van der Waals surface area contributed by atoms with Crippen molar-refractivity contribution in [2.75, 3.05) is 12.4 Å². The number of ether oxygens (including phenoxy) is 2. The van der Waals surface area contributed by atoms with Gasteiger partial charge in [0.25, 0.3) is 11.6 Å². The standard InChI is InChI=1S/C23H18N2O5S/c1-29-19-11-16(12-22-23(26)24-17-9-5-6-10-21(17)31-22)18(25(27)28)13-20(19)30-14-15-7-3-2-4-8-15/h2-13H,14H2,1H3,(H,24,26)/b22-12-. The highest BCUT2D eigenvalue weighted by Crippen LogP contribution is 2.41. The van der Waals surface area contributed by atoms with Gasteiger partial charge in [-0.3, -0.25) is 14.9 Å². The van der Waals surface area contributed by atoms with Gasteiger partial charge in [0.1, 0.15) is 6.61 Å². The highest BCUT2D eigenvalue weighted by molar-refractivity contribution is 8.04. The van der Waals surface area contributed by atoms with Crippen LogP contribution in [0.25, 0.3) is 6.08 Å². The summed E-state index contributed by atoms with van der Waals surface area (Å²) >= 11 is 1.26. The minimum Gasteiger partial charge on any atom is -0.493 e. The van der Waals surface area contributed by atoms with Crippen molar-refractivity contribution in [1.29, 1.82) is 0 Å². The molecule has 0 aromatic heterocycles. The molecule has 0 aliphatic carbocycles. The molecule has 1 aliphatic rings. The van der Waals surface area contributed by atoms with Crippen molar-refractivity contribution < 1.29 is 19.2 Å². The second-order valence-corrected chi connectivity index (χ2v) is 7.74. The van der Waals surface area contributed by atoms with Gasteiger partial charge >= 0.3 is 0 Å². The summed E-state index contributed by atoms with van der Waals surface area (Å²) in [4.78, 5) is 25.0. The van der Waals surface area contributed by atoms with Crippen LogP contribution < -0.4 is 14.8 Å². The van der Waals surface area contributed by atoms with E-state index in [1.807, 2.05) is 48.5 Å². The molecule has 156 valence electrons. The number of carbonyl (C=O) groups is 1. The molecule has 8 heteroatoms. The number of methoxy groups -OCH3 is 1. The Morgan fingerprint density at radius 3 is 2.55 bits per heavy atom. The number of rotatable bonds is 6. The van der Waals surface area contributed by atoms with Gasteiger partial charge in [-0.1, -0.05) is 54.2 Å². The highest BCUT2D eigenvalue weighted by Gasteiger charge is 2.24. The van der Waals surface area contributed by atoms with Crippen LogP contribution >= 0.6 is 11.8 Å². The van der Waals surface area contributed by atoms with E-state index in [2.05, 4.69) is 5.32 Å². The second-order valence-electron chi connectivity index (χ2n) is 6.65. The number of nitrogens with zero attached hydrogens (tertiary/aromatic N) is 1. The van der Waals surface area contributed by atoms with Crippen molar-refractivity contribution in [2.45, 2.75) is 11.5 Å². The molecule has 0 saturated carbocycles. The predicted octanol–water partition coefficient (Wildman–Crippen LogP) is 5.27. The third-order valence-corrected chi connectivity index (χ3v) is 5.71. The SMILES string of the molecule is COc1cc(/C=C2\Sc3ccccc3NC2=O)c([N+](=O)[O-])cc1OCc1ccccc1. The summed E-state index contributed by atoms with van der Waals surface area (Å²) in [6.07, 6.45) is 1.50. The number of carbonyl (C=O) groups excluding carboxylic acids is 1. The topological polar surface area (TPSA) is 90.7 Å². The van der Waals surface area contributed by atoms with Gasteiger partial charge in [-0.2, -0.15) is 0 Å². The molecule has 3 aromatic carbocycles. The minimum atomic E-state index is -0.499. The summed E-state index contributed by atoms with van der Waals surface area (Å²) in [5.41, 5.74) is 1.72. The molecule has 0 unspecified atom stereocenters. The van der Waals surface area contributed by atoms with Crippen molar-refractivity contribution in [1.82, 2.24) is 0 Å². The van der Waals surface area contributed by atoms with Gasteiger partial charge in [-0.15, -0.1) is 0 Å².